The summed E-state index contributed by atoms with van der Waals surface area (Å²) in [6.07, 6.45) is 2.23. The maximum Gasteiger partial charge on any atom is 0.266 e. The van der Waals surface area contributed by atoms with Crippen LogP contribution in [-0.4, -0.2) is 79.9 Å². The van der Waals surface area contributed by atoms with Crippen LogP contribution in [0.15, 0.2) is 47.5 Å². The van der Waals surface area contributed by atoms with E-state index in [2.05, 4.69) is 34.7 Å². The second-order valence-electron chi connectivity index (χ2n) is 13.7. The second kappa shape index (κ2) is 15.7. The average molecular weight is 784 g/mol. The number of aliphatic imine (C=N–C) groups is 1. The fraction of sp³-hybridized carbons (Fsp3) is 0.359. The molecule has 2 aromatic heterocycles. The largest absolute Gasteiger partial charge is 0.485 e. The highest BCUT2D eigenvalue weighted by molar-refractivity contribution is 7.15. The highest BCUT2D eigenvalue weighted by Crippen LogP contribution is 2.40. The number of amides is 5. The lowest BCUT2D eigenvalue weighted by Crippen LogP contribution is -2.54. The number of imide groups is 2. The maximum absolute atomic E-state index is 13.3. The van der Waals surface area contributed by atoms with Crippen molar-refractivity contribution >= 4 is 64.0 Å². The third-order valence-electron chi connectivity index (χ3n) is 10.0. The molecule has 1 fully saturated rings. The van der Waals surface area contributed by atoms with Crippen molar-refractivity contribution < 1.29 is 33.5 Å². The molecule has 3 aliphatic heterocycles. The molecule has 55 heavy (non-hydrogen) atoms. The first-order valence-corrected chi connectivity index (χ1v) is 19.2. The Morgan fingerprint density at radius 1 is 0.982 bits per heavy atom. The molecule has 0 unspecified atom stereocenters. The minimum absolute atomic E-state index is 0.00633. The summed E-state index contributed by atoms with van der Waals surface area (Å²) in [5, 5.41) is 15.6. The number of fused-ring (bicyclic) bond motifs is 4. The number of hydrogen-bond donors (Lipinski definition) is 2. The van der Waals surface area contributed by atoms with Crippen molar-refractivity contribution in [3.05, 3.63) is 91.8 Å². The minimum Gasteiger partial charge on any atom is -0.485 e. The molecule has 7 rings (SSSR count). The predicted molar refractivity (Wildman–Crippen MR) is 203 cm³/mol. The van der Waals surface area contributed by atoms with E-state index in [0.717, 1.165) is 37.2 Å². The molecule has 0 saturated carbocycles. The van der Waals surface area contributed by atoms with Gasteiger partial charge in [-0.2, -0.15) is 0 Å². The first-order chi connectivity index (χ1) is 26.4. The van der Waals surface area contributed by atoms with Gasteiger partial charge in [0.2, 0.25) is 17.7 Å². The molecule has 0 spiro atoms. The Labute approximate surface area is 325 Å². The van der Waals surface area contributed by atoms with E-state index in [1.165, 1.54) is 12.1 Å². The van der Waals surface area contributed by atoms with Crippen molar-refractivity contribution in [3.63, 3.8) is 0 Å². The summed E-state index contributed by atoms with van der Waals surface area (Å²) in [5.41, 5.74) is 3.83. The number of rotatable bonds is 13. The maximum atomic E-state index is 13.3. The van der Waals surface area contributed by atoms with Crippen LogP contribution in [0.5, 0.6) is 5.75 Å². The van der Waals surface area contributed by atoms with E-state index in [1.807, 2.05) is 35.8 Å². The number of halogens is 1. The number of nitrogens with one attached hydrogen (secondary N) is 2. The smallest absolute Gasteiger partial charge is 0.266 e. The molecular weight excluding hydrogens is 746 g/mol. The summed E-state index contributed by atoms with van der Waals surface area (Å²) in [6, 6.07) is 10.3. The molecule has 0 aliphatic carbocycles. The number of piperidine rings is 1. The van der Waals surface area contributed by atoms with Crippen LogP contribution in [-0.2, 0) is 19.2 Å². The van der Waals surface area contributed by atoms with Crippen LogP contribution in [0.1, 0.15) is 105 Å². The van der Waals surface area contributed by atoms with Gasteiger partial charge < -0.3 is 10.1 Å². The number of Topliss-reactive ketones (excluding diaryl/α,β-unsaturated/α-hetero) is 1. The van der Waals surface area contributed by atoms with E-state index in [1.54, 1.807) is 17.4 Å². The van der Waals surface area contributed by atoms with Crippen molar-refractivity contribution in [3.8, 4) is 10.8 Å². The lowest BCUT2D eigenvalue weighted by molar-refractivity contribution is -0.136. The highest BCUT2D eigenvalue weighted by Gasteiger charge is 2.46. The van der Waals surface area contributed by atoms with Gasteiger partial charge in [-0.25, -0.2) is 0 Å². The molecule has 3 aliphatic rings. The zero-order valence-electron chi connectivity index (χ0n) is 30.4. The summed E-state index contributed by atoms with van der Waals surface area (Å²) in [6.45, 7) is 6.15. The number of hydrogen-bond acceptors (Lipinski definition) is 11. The van der Waals surface area contributed by atoms with Gasteiger partial charge in [0.05, 0.1) is 23.3 Å². The van der Waals surface area contributed by atoms with Crippen LogP contribution in [0.4, 0.5) is 0 Å². The molecule has 14 nitrogen and oxygen atoms in total. The number of benzene rings is 2. The molecule has 0 radical (unpaired) electrons. The number of thiophene rings is 1. The lowest BCUT2D eigenvalue weighted by atomic mass is 9.99. The van der Waals surface area contributed by atoms with E-state index in [9.17, 15) is 28.8 Å². The number of unbranched alkanes of at least 4 members (excludes halogenated alkanes) is 2. The van der Waals surface area contributed by atoms with Crippen molar-refractivity contribution in [1.29, 1.82) is 0 Å². The van der Waals surface area contributed by atoms with Crippen LogP contribution in [0.25, 0.3) is 5.00 Å². The van der Waals surface area contributed by atoms with Crippen molar-refractivity contribution in [2.24, 2.45) is 4.99 Å². The normalized spacial score (nSPS) is 17.6. The molecule has 0 bridgehead atoms. The van der Waals surface area contributed by atoms with Crippen LogP contribution in [0.3, 0.4) is 0 Å². The van der Waals surface area contributed by atoms with Crippen LogP contribution >= 0.6 is 22.9 Å². The molecule has 1 saturated heterocycles. The summed E-state index contributed by atoms with van der Waals surface area (Å²) >= 11 is 7.85. The topological polar surface area (TPSA) is 182 Å². The van der Waals surface area contributed by atoms with E-state index >= 15 is 0 Å². The van der Waals surface area contributed by atoms with Gasteiger partial charge in [-0.3, -0.25) is 48.5 Å². The van der Waals surface area contributed by atoms with Gasteiger partial charge in [0.1, 0.15) is 35.3 Å². The van der Waals surface area contributed by atoms with E-state index in [0.29, 0.717) is 42.5 Å². The number of carbonyl (C=O) groups excluding carboxylic acids is 6. The first-order valence-electron chi connectivity index (χ1n) is 18.0. The van der Waals surface area contributed by atoms with Gasteiger partial charge in [0.15, 0.2) is 11.6 Å². The zero-order chi connectivity index (χ0) is 39.0. The summed E-state index contributed by atoms with van der Waals surface area (Å²) in [5.74, 6) is -1.50. The predicted octanol–water partition coefficient (Wildman–Crippen LogP) is 4.92. The first kappa shape index (κ1) is 37.8. The number of aromatic nitrogens is 3. The molecule has 2 atom stereocenters. The van der Waals surface area contributed by atoms with Crippen molar-refractivity contribution in [1.82, 2.24) is 30.3 Å². The Bertz CT molecular complexity index is 2280. The Morgan fingerprint density at radius 2 is 1.76 bits per heavy atom. The number of carbonyl (C=O) groups is 6. The average Bonchev–Trinajstić information content (AvgIpc) is 3.73. The number of ketones is 1. The molecule has 2 aromatic carbocycles. The molecular formula is C39H38ClN7O7S. The molecule has 16 heteroatoms. The number of ether oxygens (including phenoxy) is 1. The Kier molecular flexibility index (Phi) is 10.8. The van der Waals surface area contributed by atoms with Gasteiger partial charge in [-0.1, -0.05) is 36.2 Å². The van der Waals surface area contributed by atoms with Gasteiger partial charge in [0.25, 0.3) is 11.8 Å². The fourth-order valence-corrected chi connectivity index (χ4v) is 8.41. The zero-order valence-corrected chi connectivity index (χ0v) is 32.0. The van der Waals surface area contributed by atoms with Crippen LogP contribution < -0.4 is 15.4 Å². The van der Waals surface area contributed by atoms with Crippen LogP contribution in [0, 0.1) is 20.8 Å². The third kappa shape index (κ3) is 7.45. The van der Waals surface area contributed by atoms with Gasteiger partial charge in [0, 0.05) is 40.4 Å². The third-order valence-corrected chi connectivity index (χ3v) is 11.5. The number of nitrogens with zero attached hydrogens (tertiary/aromatic N) is 5. The van der Waals surface area contributed by atoms with Gasteiger partial charge >= 0.3 is 0 Å². The van der Waals surface area contributed by atoms with Crippen molar-refractivity contribution in [2.75, 3.05) is 13.2 Å². The van der Waals surface area contributed by atoms with E-state index in [-0.39, 0.29) is 60.9 Å². The molecule has 5 heterocycles. The number of aryl methyl sites for hydroxylation is 2. The SMILES string of the molecule is Cc1sc2c(c1C)C(c1ccc(Cl)cc1)=N[C@@H](CC(=O)NCCCCCC(=O)COc1cccc3c1C(=O)N([C@@H]1CCC(=O)NC1=O)C3=O)c1nnc(C)n1-2. The summed E-state index contributed by atoms with van der Waals surface area (Å²) < 4.78 is 7.71. The highest BCUT2D eigenvalue weighted by atomic mass is 35.5. The van der Waals surface area contributed by atoms with Gasteiger partial charge in [-0.05, 0) is 69.9 Å². The molecule has 5 amide bonds. The Morgan fingerprint density at radius 3 is 2.53 bits per heavy atom. The molecule has 284 valence electrons. The Balaban J connectivity index is 0.906. The quantitative estimate of drug-likeness (QED) is 0.141. The van der Waals surface area contributed by atoms with Gasteiger partial charge in [-0.15, -0.1) is 21.5 Å². The summed E-state index contributed by atoms with van der Waals surface area (Å²) in [7, 11) is 0. The van der Waals surface area contributed by atoms with E-state index in [4.69, 9.17) is 21.3 Å². The fourth-order valence-electron chi connectivity index (χ4n) is 7.07. The lowest BCUT2D eigenvalue weighted by Gasteiger charge is -2.27. The van der Waals surface area contributed by atoms with Crippen molar-refractivity contribution in [2.45, 2.75) is 77.8 Å². The monoisotopic (exact) mass is 783 g/mol. The minimum atomic E-state index is -1.10. The van der Waals surface area contributed by atoms with E-state index < -0.39 is 35.7 Å². The molecule has 2 N–H and O–H groups in total. The Hall–Kier alpha value is -5.54. The van der Waals surface area contributed by atoms with Crippen LogP contribution in [0.2, 0.25) is 5.02 Å². The second-order valence-corrected chi connectivity index (χ2v) is 15.4. The standard InChI is InChI=1S/C39H38ClN7O7S/c1-20-21(2)55-39-32(20)34(23-11-13-24(40)14-12-23)42-27(35-45-44-22(3)46(35)39)18-31(50)41-17-6-4-5-8-25(48)19-54-29-10-7-9-26-33(29)38(53)47(37(26)52)28-15-16-30(49)43-36(28)51/h7,9-14,27-28H,4-6,8,15-19H2,1-3H3,(H,41,50)(H,43,49,51)/t27-,28+/m0/s1. The molecule has 4 aromatic rings. The summed E-state index contributed by atoms with van der Waals surface area (Å²) in [4.78, 5) is 83.5.